The number of hydrogen-bond donors (Lipinski definition) is 2. The molecule has 0 saturated carbocycles. The van der Waals surface area contributed by atoms with Crippen LogP contribution in [-0.2, 0) is 18.0 Å². The summed E-state index contributed by atoms with van der Waals surface area (Å²) in [6, 6.07) is 5.68. The summed E-state index contributed by atoms with van der Waals surface area (Å²) in [6.07, 6.45) is -1.29. The second-order valence-electron chi connectivity index (χ2n) is 7.45. The zero-order valence-corrected chi connectivity index (χ0v) is 20.1. The van der Waals surface area contributed by atoms with Crippen molar-refractivity contribution in [3.8, 4) is 0 Å². The molecule has 0 saturated heterocycles. The van der Waals surface area contributed by atoms with E-state index in [1.54, 1.807) is 0 Å². The molecule has 0 spiro atoms. The van der Waals surface area contributed by atoms with Crippen LogP contribution in [0.25, 0.3) is 11.4 Å². The highest BCUT2D eigenvalue weighted by Crippen LogP contribution is 2.28. The minimum atomic E-state index is -4.72. The van der Waals surface area contributed by atoms with Crippen molar-refractivity contribution in [1.29, 1.82) is 0 Å². The number of nitrogens with one attached hydrogen (secondary N) is 1. The lowest BCUT2D eigenvalue weighted by molar-refractivity contribution is -0.141. The lowest BCUT2D eigenvalue weighted by Gasteiger charge is -2.12. The van der Waals surface area contributed by atoms with Crippen molar-refractivity contribution in [2.24, 2.45) is 17.8 Å². The Kier molecular flexibility index (Phi) is 7.87. The van der Waals surface area contributed by atoms with Gasteiger partial charge in [0.2, 0.25) is 0 Å². The minimum Gasteiger partial charge on any atom is -0.465 e. The van der Waals surface area contributed by atoms with Crippen molar-refractivity contribution < 1.29 is 27.1 Å². The highest BCUT2D eigenvalue weighted by Gasteiger charge is 2.34. The number of allylic oxidation sites excluding steroid dienone is 1. The zero-order chi connectivity index (χ0) is 27.5. The van der Waals surface area contributed by atoms with E-state index in [-0.39, 0.29) is 33.4 Å². The molecular weight excluding hydrogens is 520 g/mol. The lowest BCUT2D eigenvalue weighted by Crippen LogP contribution is -2.25. The van der Waals surface area contributed by atoms with Crippen LogP contribution in [0.2, 0.25) is 5.02 Å². The molecule has 0 bridgehead atoms. The molecule has 0 amide bonds. The van der Waals surface area contributed by atoms with Crippen molar-refractivity contribution in [1.82, 2.24) is 14.3 Å². The number of aromatic nitrogens is 3. The van der Waals surface area contributed by atoms with Crippen LogP contribution in [-0.4, -0.2) is 33.6 Å². The summed E-state index contributed by atoms with van der Waals surface area (Å²) in [5.74, 6) is -1.86. The van der Waals surface area contributed by atoms with Crippen LogP contribution >= 0.6 is 11.6 Å². The van der Waals surface area contributed by atoms with Gasteiger partial charge in [0.1, 0.15) is 23.0 Å². The molecule has 1 aromatic carbocycles. The van der Waals surface area contributed by atoms with Crippen molar-refractivity contribution in [2.75, 3.05) is 12.4 Å². The first-order valence-corrected chi connectivity index (χ1v) is 10.6. The van der Waals surface area contributed by atoms with E-state index in [0.717, 1.165) is 47.0 Å². The fourth-order valence-electron chi connectivity index (χ4n) is 3.05. The van der Waals surface area contributed by atoms with Crippen LogP contribution in [0.1, 0.15) is 21.6 Å². The summed E-state index contributed by atoms with van der Waals surface area (Å²) in [7, 11) is 2.44. The average molecular weight is 539 g/mol. The van der Waals surface area contributed by atoms with Crippen molar-refractivity contribution >= 4 is 40.9 Å². The molecule has 0 atom stereocenters. The molecular formula is C23H19ClF4N6O3. The molecule has 3 aromatic rings. The van der Waals surface area contributed by atoms with Gasteiger partial charge in [-0.25, -0.2) is 18.9 Å². The number of alkyl halides is 3. The van der Waals surface area contributed by atoms with Gasteiger partial charge in [-0.05, 0) is 30.3 Å². The van der Waals surface area contributed by atoms with E-state index in [1.807, 2.05) is 0 Å². The predicted molar refractivity (Wildman–Crippen MR) is 130 cm³/mol. The molecule has 0 aliphatic heterocycles. The van der Waals surface area contributed by atoms with Crippen LogP contribution in [0, 0.1) is 5.82 Å². The summed E-state index contributed by atoms with van der Waals surface area (Å²) >= 11 is 5.77. The van der Waals surface area contributed by atoms with E-state index in [2.05, 4.69) is 26.7 Å². The van der Waals surface area contributed by atoms with E-state index < -0.39 is 29.2 Å². The molecule has 0 fully saturated rings. The first-order chi connectivity index (χ1) is 17.3. The number of hydrogen-bond acceptors (Lipinski definition) is 7. The molecule has 2 heterocycles. The Balaban J connectivity index is 2.11. The average Bonchev–Trinajstić information content (AvgIpc) is 3.34. The Morgan fingerprint density at radius 1 is 1.30 bits per heavy atom. The number of aliphatic imine (C=N–C) groups is 1. The smallest absolute Gasteiger partial charge is 0.435 e. The number of nitrogens with two attached hydrogens (primary N) is 1. The Bertz CT molecular complexity index is 1490. The third-order valence-corrected chi connectivity index (χ3v) is 5.15. The number of nitrogens with zero attached hydrogens (tertiary/aromatic N) is 4. The van der Waals surface area contributed by atoms with Gasteiger partial charge in [-0.2, -0.15) is 18.3 Å². The van der Waals surface area contributed by atoms with E-state index in [4.69, 9.17) is 17.3 Å². The van der Waals surface area contributed by atoms with Gasteiger partial charge in [0.25, 0.3) is 5.56 Å². The standard InChI is InChI=1S/C23H19ClF4N6O3/c1-12(31-14-4-5-18(25)17(24)9-14)30-10-16(20(29)34-7-6-19(32-34)23(26,27)28)13-8-15(22(36)37-3)21(35)33(2)11-13/h4-11,31H,1,29H2,2-3H3/b20-16-,30-10-. The third-order valence-electron chi connectivity index (χ3n) is 4.86. The summed E-state index contributed by atoms with van der Waals surface area (Å²) in [6.45, 7) is 3.72. The second-order valence-corrected chi connectivity index (χ2v) is 7.86. The van der Waals surface area contributed by atoms with Gasteiger partial charge in [-0.15, -0.1) is 0 Å². The van der Waals surface area contributed by atoms with Crippen molar-refractivity contribution in [3.63, 3.8) is 0 Å². The molecule has 14 heteroatoms. The van der Waals surface area contributed by atoms with Crippen LogP contribution in [0.3, 0.4) is 0 Å². The van der Waals surface area contributed by atoms with E-state index in [9.17, 15) is 27.2 Å². The van der Waals surface area contributed by atoms with Crippen molar-refractivity contribution in [3.05, 3.63) is 93.1 Å². The second kappa shape index (κ2) is 10.7. The maximum Gasteiger partial charge on any atom is 0.435 e. The van der Waals surface area contributed by atoms with Crippen molar-refractivity contribution in [2.45, 2.75) is 6.18 Å². The first-order valence-electron chi connectivity index (χ1n) is 10.2. The van der Waals surface area contributed by atoms with Gasteiger partial charge in [-0.3, -0.25) is 4.79 Å². The number of halogens is 5. The quantitative estimate of drug-likeness (QED) is 0.266. The van der Waals surface area contributed by atoms with E-state index in [0.29, 0.717) is 5.69 Å². The molecule has 37 heavy (non-hydrogen) atoms. The SMILES string of the molecule is C=C(/N=C\C(=C(/N)n1ccc(C(F)(F)F)n1)c1cc(C(=O)OC)c(=O)n(C)c1)Nc1ccc(F)c(Cl)c1. The number of pyridine rings is 1. The third kappa shape index (κ3) is 6.25. The number of esters is 1. The number of carbonyl (C=O) groups is 1. The molecule has 3 N–H and O–H groups in total. The summed E-state index contributed by atoms with van der Waals surface area (Å²) < 4.78 is 59.1. The number of ether oxygens (including phenoxy) is 1. The number of benzene rings is 1. The maximum absolute atomic E-state index is 13.4. The van der Waals surface area contributed by atoms with Gasteiger partial charge >= 0.3 is 12.1 Å². The highest BCUT2D eigenvalue weighted by molar-refractivity contribution is 6.31. The fourth-order valence-corrected chi connectivity index (χ4v) is 3.23. The van der Waals surface area contributed by atoms with Crippen LogP contribution in [0.5, 0.6) is 0 Å². The van der Waals surface area contributed by atoms with E-state index in [1.165, 1.54) is 25.4 Å². The summed E-state index contributed by atoms with van der Waals surface area (Å²) in [5, 5.41) is 6.08. The Labute approximate surface area is 212 Å². The molecule has 0 aliphatic rings. The number of rotatable bonds is 7. The number of aryl methyl sites for hydroxylation is 1. The van der Waals surface area contributed by atoms with Gasteiger partial charge in [0, 0.05) is 42.5 Å². The van der Waals surface area contributed by atoms with Gasteiger partial charge < -0.3 is 20.4 Å². The Morgan fingerprint density at radius 2 is 2.00 bits per heavy atom. The molecule has 0 unspecified atom stereocenters. The predicted octanol–water partition coefficient (Wildman–Crippen LogP) is 4.12. The highest BCUT2D eigenvalue weighted by atomic mass is 35.5. The number of carbonyl (C=O) groups excluding carboxylic acids is 1. The van der Waals surface area contributed by atoms with Gasteiger partial charge in [0.05, 0.1) is 12.1 Å². The topological polar surface area (TPSA) is 117 Å². The Morgan fingerprint density at radius 3 is 2.59 bits per heavy atom. The fraction of sp³-hybridized carbons (Fsp3) is 0.130. The van der Waals surface area contributed by atoms with Gasteiger partial charge in [0.15, 0.2) is 5.69 Å². The van der Waals surface area contributed by atoms with Crippen LogP contribution < -0.4 is 16.6 Å². The van der Waals surface area contributed by atoms with E-state index >= 15 is 0 Å². The summed E-state index contributed by atoms with van der Waals surface area (Å²) in [4.78, 5) is 28.6. The Hall–Kier alpha value is -4.39. The number of anilines is 1. The molecule has 194 valence electrons. The molecule has 2 aromatic heterocycles. The van der Waals surface area contributed by atoms with Crippen LogP contribution in [0.15, 0.2) is 64.9 Å². The monoisotopic (exact) mass is 538 g/mol. The summed E-state index contributed by atoms with van der Waals surface area (Å²) in [5.41, 5.74) is 4.40. The van der Waals surface area contributed by atoms with Gasteiger partial charge in [-0.1, -0.05) is 18.2 Å². The first kappa shape index (κ1) is 27.2. The molecule has 9 nitrogen and oxygen atoms in total. The lowest BCUT2D eigenvalue weighted by atomic mass is 10.1. The number of methoxy groups -OCH3 is 1. The molecule has 0 aliphatic carbocycles. The largest absolute Gasteiger partial charge is 0.465 e. The minimum absolute atomic E-state index is 0.0160. The van der Waals surface area contributed by atoms with Crippen LogP contribution in [0.4, 0.5) is 23.2 Å². The molecule has 3 rings (SSSR count). The normalized spacial score (nSPS) is 12.4. The zero-order valence-electron chi connectivity index (χ0n) is 19.3. The maximum atomic E-state index is 13.4. The molecule has 0 radical (unpaired) electrons.